The van der Waals surface area contributed by atoms with E-state index >= 15 is 0 Å². The Bertz CT molecular complexity index is 877. The molecule has 0 spiro atoms. The van der Waals surface area contributed by atoms with Gasteiger partial charge in [0, 0.05) is 6.54 Å². The molecule has 29 heavy (non-hydrogen) atoms. The Balaban J connectivity index is 1.18. The van der Waals surface area contributed by atoms with E-state index in [0.717, 1.165) is 50.1 Å². The van der Waals surface area contributed by atoms with Crippen molar-refractivity contribution in [2.45, 2.75) is 51.7 Å². The molecule has 3 aliphatic rings. The summed E-state index contributed by atoms with van der Waals surface area (Å²) in [7, 11) is 0. The number of hydrogen-bond donors (Lipinski definition) is 0. The predicted octanol–water partition coefficient (Wildman–Crippen LogP) is 4.79. The van der Waals surface area contributed by atoms with Crippen LogP contribution in [0.15, 0.2) is 36.4 Å². The van der Waals surface area contributed by atoms with Crippen LogP contribution in [0.2, 0.25) is 0 Å². The summed E-state index contributed by atoms with van der Waals surface area (Å²) < 4.78 is 11.4. The first-order chi connectivity index (χ1) is 14.2. The van der Waals surface area contributed by atoms with Crippen molar-refractivity contribution in [1.29, 1.82) is 0 Å². The fraction of sp³-hybridized carbons (Fsp3) is 0.560. The molecule has 4 nitrogen and oxygen atoms in total. The zero-order chi connectivity index (χ0) is 19.8. The van der Waals surface area contributed by atoms with Gasteiger partial charge in [0.2, 0.25) is 0 Å². The monoisotopic (exact) mass is 393 g/mol. The van der Waals surface area contributed by atoms with Crippen LogP contribution < -0.4 is 4.74 Å². The molecule has 4 heteroatoms. The van der Waals surface area contributed by atoms with Gasteiger partial charge >= 0.3 is 5.97 Å². The summed E-state index contributed by atoms with van der Waals surface area (Å²) in [5.41, 5.74) is 1.33. The number of rotatable bonds is 6. The largest absolute Gasteiger partial charge is 0.490 e. The van der Waals surface area contributed by atoms with Crippen LogP contribution in [0.5, 0.6) is 5.75 Å². The molecular formula is C25H31NO3. The van der Waals surface area contributed by atoms with Crippen LogP contribution in [0.3, 0.4) is 0 Å². The van der Waals surface area contributed by atoms with Crippen molar-refractivity contribution in [3.05, 3.63) is 42.0 Å². The number of carbonyl (C=O) groups excluding carboxylic acids is 1. The van der Waals surface area contributed by atoms with E-state index in [1.807, 2.05) is 6.92 Å². The smallest absolute Gasteiger partial charge is 0.309 e. The molecule has 2 aliphatic carbocycles. The average Bonchev–Trinajstić information content (AvgIpc) is 3.34. The van der Waals surface area contributed by atoms with Crippen LogP contribution in [0, 0.1) is 17.8 Å². The maximum Gasteiger partial charge on any atom is 0.309 e. The van der Waals surface area contributed by atoms with Crippen LogP contribution in [-0.4, -0.2) is 36.7 Å². The Morgan fingerprint density at radius 3 is 2.48 bits per heavy atom. The van der Waals surface area contributed by atoms with Crippen LogP contribution >= 0.6 is 0 Å². The number of benzene rings is 2. The second-order valence-electron chi connectivity index (χ2n) is 9.11. The minimum Gasteiger partial charge on any atom is -0.490 e. The minimum absolute atomic E-state index is 0.0227. The third kappa shape index (κ3) is 4.28. The van der Waals surface area contributed by atoms with Crippen molar-refractivity contribution < 1.29 is 14.3 Å². The van der Waals surface area contributed by atoms with Gasteiger partial charge in [0.05, 0.1) is 18.6 Å². The highest BCUT2D eigenvalue weighted by atomic mass is 16.5. The summed E-state index contributed by atoms with van der Waals surface area (Å²) >= 11 is 0. The molecule has 154 valence electrons. The molecule has 3 fully saturated rings. The number of esters is 1. The number of ether oxygens (including phenoxy) is 2. The molecule has 0 radical (unpaired) electrons. The zero-order valence-corrected chi connectivity index (χ0v) is 17.3. The standard InChI is InChI=1S/C25H31NO3/c1-2-28-25(27)18-7-9-26(10-8-18)16-17-3-4-20-13-23(6-5-19(20)11-17)29-24-14-21-12-22(21)15-24/h3-6,11,13,18,21-22,24H,2,7-10,12,14-16H2,1H3. The lowest BCUT2D eigenvalue weighted by molar-refractivity contribution is -0.149. The van der Waals surface area contributed by atoms with Gasteiger partial charge in [-0.25, -0.2) is 0 Å². The van der Waals surface area contributed by atoms with Crippen molar-refractivity contribution in [2.24, 2.45) is 17.8 Å². The van der Waals surface area contributed by atoms with E-state index in [2.05, 4.69) is 41.3 Å². The minimum atomic E-state index is -0.0227. The molecule has 2 saturated carbocycles. The second-order valence-corrected chi connectivity index (χ2v) is 9.11. The predicted molar refractivity (Wildman–Crippen MR) is 114 cm³/mol. The van der Waals surface area contributed by atoms with Gasteiger partial charge in [-0.05, 0) is 98.5 Å². The van der Waals surface area contributed by atoms with Gasteiger partial charge in [-0.15, -0.1) is 0 Å². The van der Waals surface area contributed by atoms with Gasteiger partial charge in [-0.1, -0.05) is 18.2 Å². The van der Waals surface area contributed by atoms with E-state index in [9.17, 15) is 4.79 Å². The first-order valence-corrected chi connectivity index (χ1v) is 11.3. The Hall–Kier alpha value is -2.07. The molecule has 2 aromatic carbocycles. The summed E-state index contributed by atoms with van der Waals surface area (Å²) in [6, 6.07) is 13.2. The number of fused-ring (bicyclic) bond motifs is 2. The third-order valence-corrected chi connectivity index (χ3v) is 6.99. The number of carbonyl (C=O) groups is 1. The first-order valence-electron chi connectivity index (χ1n) is 11.3. The summed E-state index contributed by atoms with van der Waals surface area (Å²) in [5.74, 6) is 2.96. The van der Waals surface area contributed by atoms with Gasteiger partial charge in [0.25, 0.3) is 0 Å². The normalized spacial score (nSPS) is 27.0. The fourth-order valence-corrected chi connectivity index (χ4v) is 5.24. The molecule has 2 unspecified atom stereocenters. The summed E-state index contributed by atoms with van der Waals surface area (Å²) in [6.45, 7) is 5.20. The highest BCUT2D eigenvalue weighted by Gasteiger charge is 2.46. The zero-order valence-electron chi connectivity index (χ0n) is 17.3. The topological polar surface area (TPSA) is 38.8 Å². The Kier molecular flexibility index (Phi) is 5.21. The van der Waals surface area contributed by atoms with Gasteiger partial charge < -0.3 is 9.47 Å². The molecule has 5 rings (SSSR count). The highest BCUT2D eigenvalue weighted by molar-refractivity contribution is 5.84. The van der Waals surface area contributed by atoms with Crippen molar-refractivity contribution >= 4 is 16.7 Å². The highest BCUT2D eigenvalue weighted by Crippen LogP contribution is 2.52. The quantitative estimate of drug-likeness (QED) is 0.662. The molecule has 2 atom stereocenters. The SMILES string of the molecule is CCOC(=O)C1CCN(Cc2ccc3cc(OC4CC5CC5C4)ccc3c2)CC1. The maximum atomic E-state index is 11.9. The van der Waals surface area contributed by atoms with Crippen molar-refractivity contribution in [3.63, 3.8) is 0 Å². The molecule has 1 saturated heterocycles. The van der Waals surface area contributed by atoms with Gasteiger partial charge in [0.15, 0.2) is 0 Å². The Morgan fingerprint density at radius 2 is 1.72 bits per heavy atom. The lowest BCUT2D eigenvalue weighted by Crippen LogP contribution is -2.36. The van der Waals surface area contributed by atoms with E-state index in [1.165, 1.54) is 35.6 Å². The van der Waals surface area contributed by atoms with Crippen molar-refractivity contribution in [2.75, 3.05) is 19.7 Å². The molecule has 0 aromatic heterocycles. The summed E-state index contributed by atoms with van der Waals surface area (Å²) in [4.78, 5) is 14.4. The van der Waals surface area contributed by atoms with Crippen LogP contribution in [0.25, 0.3) is 10.8 Å². The molecule has 2 aromatic rings. The molecular weight excluding hydrogens is 362 g/mol. The maximum absolute atomic E-state index is 11.9. The fourth-order valence-electron chi connectivity index (χ4n) is 5.24. The number of hydrogen-bond acceptors (Lipinski definition) is 4. The lowest BCUT2D eigenvalue weighted by Gasteiger charge is -2.30. The van der Waals surface area contributed by atoms with Crippen LogP contribution in [0.4, 0.5) is 0 Å². The lowest BCUT2D eigenvalue weighted by atomic mass is 9.96. The van der Waals surface area contributed by atoms with Gasteiger partial charge in [-0.2, -0.15) is 0 Å². The number of likely N-dealkylation sites (tertiary alicyclic amines) is 1. The molecule has 0 N–H and O–H groups in total. The van der Waals surface area contributed by atoms with Crippen LogP contribution in [-0.2, 0) is 16.1 Å². The second kappa shape index (κ2) is 7.98. The van der Waals surface area contributed by atoms with Crippen molar-refractivity contribution in [3.8, 4) is 5.75 Å². The Morgan fingerprint density at radius 1 is 1.00 bits per heavy atom. The van der Waals surface area contributed by atoms with E-state index in [4.69, 9.17) is 9.47 Å². The Labute approximate surface area is 173 Å². The molecule has 0 bridgehead atoms. The van der Waals surface area contributed by atoms with Gasteiger partial charge in [-0.3, -0.25) is 9.69 Å². The van der Waals surface area contributed by atoms with E-state index < -0.39 is 0 Å². The number of piperidine rings is 1. The van der Waals surface area contributed by atoms with E-state index in [-0.39, 0.29) is 11.9 Å². The van der Waals surface area contributed by atoms with E-state index in [1.54, 1.807) is 0 Å². The first kappa shape index (κ1) is 18.9. The molecule has 0 amide bonds. The van der Waals surface area contributed by atoms with E-state index in [0.29, 0.717) is 12.7 Å². The average molecular weight is 394 g/mol. The molecule has 1 heterocycles. The summed E-state index contributed by atoms with van der Waals surface area (Å²) in [5, 5.41) is 2.51. The summed E-state index contributed by atoms with van der Waals surface area (Å²) in [6.07, 6.45) is 6.14. The third-order valence-electron chi connectivity index (χ3n) is 6.99. The van der Waals surface area contributed by atoms with Crippen molar-refractivity contribution in [1.82, 2.24) is 4.90 Å². The molecule has 1 aliphatic heterocycles. The number of nitrogens with zero attached hydrogens (tertiary/aromatic N) is 1. The van der Waals surface area contributed by atoms with Crippen LogP contribution in [0.1, 0.15) is 44.6 Å². The van der Waals surface area contributed by atoms with Gasteiger partial charge in [0.1, 0.15) is 5.75 Å².